The third-order valence-corrected chi connectivity index (χ3v) is 6.06. The highest BCUT2D eigenvalue weighted by Crippen LogP contribution is 2.20. The second-order valence-electron chi connectivity index (χ2n) is 5.86. The van der Waals surface area contributed by atoms with Gasteiger partial charge in [-0.1, -0.05) is 20.8 Å². The van der Waals surface area contributed by atoms with E-state index in [4.69, 9.17) is 0 Å². The Morgan fingerprint density at radius 2 is 1.95 bits per heavy atom. The molecule has 1 fully saturated rings. The fraction of sp³-hybridized carbons (Fsp3) is 1.00. The maximum Gasteiger partial charge on any atom is 0.151 e. The van der Waals surface area contributed by atoms with Crippen LogP contribution in [0.15, 0.2) is 0 Å². The van der Waals surface area contributed by atoms with Crippen LogP contribution in [0.3, 0.4) is 0 Å². The first-order chi connectivity index (χ1) is 8.89. The number of sulfone groups is 1. The number of rotatable bonds is 7. The summed E-state index contributed by atoms with van der Waals surface area (Å²) < 4.78 is 23.5. The first kappa shape index (κ1) is 16.9. The number of nitrogens with zero attached hydrogens (tertiary/aromatic N) is 2. The van der Waals surface area contributed by atoms with Crippen LogP contribution in [0.4, 0.5) is 0 Å². The van der Waals surface area contributed by atoms with Gasteiger partial charge in [-0.25, -0.2) is 8.42 Å². The van der Waals surface area contributed by atoms with E-state index in [1.54, 1.807) is 0 Å². The van der Waals surface area contributed by atoms with Crippen molar-refractivity contribution in [3.63, 3.8) is 0 Å². The molecule has 1 saturated heterocycles. The van der Waals surface area contributed by atoms with E-state index in [2.05, 4.69) is 30.7 Å². The number of hydrogen-bond donors (Lipinski definition) is 0. The molecule has 114 valence electrons. The molecular formula is C14H30N2O2S. The van der Waals surface area contributed by atoms with Crippen molar-refractivity contribution in [2.24, 2.45) is 5.92 Å². The lowest BCUT2D eigenvalue weighted by Gasteiger charge is -2.41. The van der Waals surface area contributed by atoms with Crippen molar-refractivity contribution in [3.05, 3.63) is 0 Å². The van der Waals surface area contributed by atoms with Crippen molar-refractivity contribution in [1.29, 1.82) is 0 Å². The largest absolute Gasteiger partial charge is 0.303 e. The normalized spacial score (nSPS) is 25.9. The predicted molar refractivity (Wildman–Crippen MR) is 81.3 cm³/mol. The number of piperidine rings is 1. The third-order valence-electron chi connectivity index (χ3n) is 4.23. The van der Waals surface area contributed by atoms with Crippen molar-refractivity contribution in [2.45, 2.75) is 39.7 Å². The molecule has 19 heavy (non-hydrogen) atoms. The molecule has 4 nitrogen and oxygen atoms in total. The van der Waals surface area contributed by atoms with Crippen molar-refractivity contribution in [1.82, 2.24) is 9.80 Å². The van der Waals surface area contributed by atoms with Crippen LogP contribution in [0, 0.1) is 5.92 Å². The highest BCUT2D eigenvalue weighted by atomic mass is 32.2. The van der Waals surface area contributed by atoms with Gasteiger partial charge in [0.15, 0.2) is 9.84 Å². The molecule has 0 N–H and O–H groups in total. The number of likely N-dealkylation sites (tertiary alicyclic amines) is 1. The Balaban J connectivity index is 2.44. The third kappa shape index (κ3) is 5.40. The fourth-order valence-corrected chi connectivity index (χ4v) is 4.42. The molecule has 1 aliphatic rings. The average molecular weight is 290 g/mol. The van der Waals surface area contributed by atoms with Crippen LogP contribution in [0.25, 0.3) is 0 Å². The van der Waals surface area contributed by atoms with Crippen molar-refractivity contribution in [2.75, 3.05) is 44.7 Å². The summed E-state index contributed by atoms with van der Waals surface area (Å²) in [5.74, 6) is 1.25. The fourth-order valence-electron chi connectivity index (χ4n) is 3.02. The van der Waals surface area contributed by atoms with Gasteiger partial charge in [0.1, 0.15) is 0 Å². The molecule has 0 amide bonds. The monoisotopic (exact) mass is 290 g/mol. The van der Waals surface area contributed by atoms with Crippen LogP contribution < -0.4 is 0 Å². The van der Waals surface area contributed by atoms with E-state index in [0.29, 0.717) is 30.0 Å². The molecule has 5 heteroatoms. The van der Waals surface area contributed by atoms with E-state index in [0.717, 1.165) is 32.5 Å². The second kappa shape index (κ2) is 7.60. The Kier molecular flexibility index (Phi) is 6.77. The Labute approximate surface area is 119 Å². The summed E-state index contributed by atoms with van der Waals surface area (Å²) in [6.07, 6.45) is 1.87. The Morgan fingerprint density at radius 1 is 1.26 bits per heavy atom. The van der Waals surface area contributed by atoms with E-state index >= 15 is 0 Å². The van der Waals surface area contributed by atoms with Crippen molar-refractivity contribution < 1.29 is 8.42 Å². The van der Waals surface area contributed by atoms with Crippen LogP contribution in [0.5, 0.6) is 0 Å². The van der Waals surface area contributed by atoms with Gasteiger partial charge in [-0.15, -0.1) is 0 Å². The van der Waals surface area contributed by atoms with Crippen LogP contribution in [-0.4, -0.2) is 69.0 Å². The van der Waals surface area contributed by atoms with E-state index in [1.807, 2.05) is 6.92 Å². The first-order valence-corrected chi connectivity index (χ1v) is 9.34. The first-order valence-electron chi connectivity index (χ1n) is 7.52. The molecule has 1 rings (SSSR count). The molecule has 0 unspecified atom stereocenters. The van der Waals surface area contributed by atoms with Crippen LogP contribution >= 0.6 is 0 Å². The van der Waals surface area contributed by atoms with Crippen LogP contribution in [-0.2, 0) is 9.84 Å². The summed E-state index contributed by atoms with van der Waals surface area (Å²) in [6.45, 7) is 10.5. The van der Waals surface area contributed by atoms with E-state index in [1.165, 1.54) is 0 Å². The van der Waals surface area contributed by atoms with Gasteiger partial charge in [0.25, 0.3) is 0 Å². The second-order valence-corrected chi connectivity index (χ2v) is 8.16. The predicted octanol–water partition coefficient (Wildman–Crippen LogP) is 1.47. The minimum Gasteiger partial charge on any atom is -0.303 e. The van der Waals surface area contributed by atoms with Crippen molar-refractivity contribution >= 4 is 9.84 Å². The molecule has 0 aromatic rings. The van der Waals surface area contributed by atoms with E-state index < -0.39 is 9.84 Å². The Morgan fingerprint density at radius 3 is 2.47 bits per heavy atom. The molecule has 0 saturated carbocycles. The average Bonchev–Trinajstić information content (AvgIpc) is 2.36. The lowest BCUT2D eigenvalue weighted by molar-refractivity contribution is 0.0866. The van der Waals surface area contributed by atoms with Gasteiger partial charge in [0.05, 0.1) is 5.75 Å². The van der Waals surface area contributed by atoms with Gasteiger partial charge in [0, 0.05) is 24.9 Å². The lowest BCUT2D eigenvalue weighted by atomic mass is 9.93. The molecule has 0 spiro atoms. The topological polar surface area (TPSA) is 40.6 Å². The zero-order valence-corrected chi connectivity index (χ0v) is 13.7. The zero-order chi connectivity index (χ0) is 14.5. The molecule has 1 aliphatic heterocycles. The summed E-state index contributed by atoms with van der Waals surface area (Å²) in [6, 6.07) is 0.527. The summed E-state index contributed by atoms with van der Waals surface area (Å²) in [5.41, 5.74) is 0. The molecule has 0 bridgehead atoms. The minimum absolute atomic E-state index is 0.304. The SMILES string of the molecule is CCCS(=O)(=O)CCN(C)[C@H]1CCN(CC)C[C@@H]1C. The van der Waals surface area contributed by atoms with Gasteiger partial charge >= 0.3 is 0 Å². The summed E-state index contributed by atoms with van der Waals surface area (Å²) >= 11 is 0. The maximum absolute atomic E-state index is 11.8. The molecule has 0 radical (unpaired) electrons. The smallest absolute Gasteiger partial charge is 0.151 e. The standard InChI is InChI=1S/C14H30N2O2S/c1-5-10-19(17,18)11-9-15(4)14-7-8-16(6-2)12-13(14)3/h13-14H,5-12H2,1-4H3/t13-,14-/m0/s1. The van der Waals surface area contributed by atoms with Gasteiger partial charge in [-0.05, 0) is 38.9 Å². The highest BCUT2D eigenvalue weighted by Gasteiger charge is 2.28. The molecule has 0 aromatic heterocycles. The molecule has 1 heterocycles. The minimum atomic E-state index is -2.85. The summed E-state index contributed by atoms with van der Waals surface area (Å²) in [5, 5.41) is 0. The Bertz CT molecular complexity index is 356. The highest BCUT2D eigenvalue weighted by molar-refractivity contribution is 7.91. The zero-order valence-electron chi connectivity index (χ0n) is 12.9. The van der Waals surface area contributed by atoms with Crippen LogP contribution in [0.2, 0.25) is 0 Å². The number of hydrogen-bond acceptors (Lipinski definition) is 4. The van der Waals surface area contributed by atoms with Gasteiger partial charge < -0.3 is 9.80 Å². The summed E-state index contributed by atoms with van der Waals surface area (Å²) in [4.78, 5) is 4.73. The van der Waals surface area contributed by atoms with Gasteiger partial charge in [-0.3, -0.25) is 0 Å². The summed E-state index contributed by atoms with van der Waals surface area (Å²) in [7, 11) is -0.777. The van der Waals surface area contributed by atoms with Crippen molar-refractivity contribution in [3.8, 4) is 0 Å². The quantitative estimate of drug-likeness (QED) is 0.712. The molecule has 0 aromatic carbocycles. The Hall–Kier alpha value is -0.130. The van der Waals surface area contributed by atoms with E-state index in [9.17, 15) is 8.42 Å². The lowest BCUT2D eigenvalue weighted by Crippen LogP contribution is -2.49. The maximum atomic E-state index is 11.8. The van der Waals surface area contributed by atoms with E-state index in [-0.39, 0.29) is 0 Å². The van der Waals surface area contributed by atoms with Gasteiger partial charge in [0.2, 0.25) is 0 Å². The van der Waals surface area contributed by atoms with Crippen LogP contribution in [0.1, 0.15) is 33.6 Å². The molecular weight excluding hydrogens is 260 g/mol. The molecule has 2 atom stereocenters. The van der Waals surface area contributed by atoms with Gasteiger partial charge in [-0.2, -0.15) is 0 Å². The molecule has 0 aliphatic carbocycles.